The van der Waals surface area contributed by atoms with Crippen molar-refractivity contribution in [3.05, 3.63) is 108 Å². The minimum absolute atomic E-state index is 0.0688. The maximum Gasteiger partial charge on any atom is 0.325 e. The van der Waals surface area contributed by atoms with Crippen LogP contribution in [0.15, 0.2) is 85.5 Å². The van der Waals surface area contributed by atoms with Gasteiger partial charge in [-0.1, -0.05) is 72.5 Å². The van der Waals surface area contributed by atoms with Gasteiger partial charge in [0.25, 0.3) is 11.8 Å². The van der Waals surface area contributed by atoms with Crippen LogP contribution in [0.5, 0.6) is 0 Å². The number of carbonyl (C=O) groups excluding carboxylic acids is 5. The third-order valence-electron chi connectivity index (χ3n) is 12.9. The molecule has 10 rings (SSSR count). The predicted octanol–water partition coefficient (Wildman–Crippen LogP) is 1.85. The highest BCUT2D eigenvalue weighted by atomic mass is 16.4. The number of benzene rings is 2. The van der Waals surface area contributed by atoms with Gasteiger partial charge in [0, 0.05) is 64.1 Å². The summed E-state index contributed by atoms with van der Waals surface area (Å²) in [5.74, 6) is 4.58. The van der Waals surface area contributed by atoms with Crippen molar-refractivity contribution in [3.8, 4) is 24.7 Å². The summed E-state index contributed by atoms with van der Waals surface area (Å²) in [6, 6.07) is 18.4. The summed E-state index contributed by atoms with van der Waals surface area (Å²) in [7, 11) is 0. The van der Waals surface area contributed by atoms with Crippen LogP contribution in [-0.2, 0) is 32.3 Å². The molecule has 0 atom stereocenters. The number of hydrogen-bond acceptors (Lipinski definition) is 13. The van der Waals surface area contributed by atoms with Crippen molar-refractivity contribution < 1.29 is 33.9 Å². The monoisotopic (exact) mass is 906 g/mol. The fourth-order valence-electron chi connectivity index (χ4n) is 8.78. The lowest BCUT2D eigenvalue weighted by Crippen LogP contribution is -2.60. The molecule has 0 radical (unpaired) electrons. The molecule has 4 N–H and O–H groups in total. The second kappa shape index (κ2) is 19.7. The Bertz CT molecular complexity index is 2560. The first-order chi connectivity index (χ1) is 32.4. The van der Waals surface area contributed by atoms with Crippen LogP contribution in [0.4, 0.5) is 21.5 Å². The molecule has 19 nitrogen and oxygen atoms in total. The molecule has 344 valence electrons. The average Bonchev–Trinajstić information content (AvgIpc) is 3.68. The Morgan fingerprint density at radius 1 is 0.627 bits per heavy atom. The summed E-state index contributed by atoms with van der Waals surface area (Å²) in [4.78, 5) is 98.5. The number of likely N-dealkylation sites (tertiary alicyclic amines) is 1. The lowest BCUT2D eigenvalue weighted by molar-refractivity contribution is -0.142. The number of imide groups is 2. The number of carboxylic acids is 1. The first-order valence-corrected chi connectivity index (χ1v) is 22.1. The van der Waals surface area contributed by atoms with E-state index in [1.807, 2.05) is 65.6 Å². The summed E-state index contributed by atoms with van der Waals surface area (Å²) in [5, 5.41) is 17.7. The van der Waals surface area contributed by atoms with Gasteiger partial charge in [0.1, 0.15) is 11.1 Å². The van der Waals surface area contributed by atoms with Crippen LogP contribution in [0.2, 0.25) is 0 Å². The molecular formula is C48H50N12O7. The number of aromatic nitrogens is 4. The van der Waals surface area contributed by atoms with Crippen LogP contribution in [0.25, 0.3) is 0 Å². The van der Waals surface area contributed by atoms with Crippen LogP contribution in [0, 0.1) is 36.5 Å². The van der Waals surface area contributed by atoms with Gasteiger partial charge in [-0.15, -0.1) is 12.8 Å². The molecule has 6 saturated heterocycles. The molecule has 0 saturated carbocycles. The van der Waals surface area contributed by atoms with Gasteiger partial charge in [0.15, 0.2) is 0 Å². The minimum atomic E-state index is -0.916. The fraction of sp³-hybridized carbons (Fsp3) is 0.375. The Morgan fingerprint density at radius 2 is 1.03 bits per heavy atom. The van der Waals surface area contributed by atoms with E-state index >= 15 is 0 Å². The molecule has 0 bridgehead atoms. The SMILES string of the molecule is C#Cc1cnc(N2CC(C(=O)N3CCC4(CC3)NC(=O)N(Cc3ccccc3)C4=O)C2)nc1.C#Cc1cnc(N2CC(C(=O)O)C2)nc1.O=C1NC2(CCNCC2)C(=O)N1Cc1ccccc1. The summed E-state index contributed by atoms with van der Waals surface area (Å²) in [5.41, 5.74) is 1.52. The number of amides is 7. The highest BCUT2D eigenvalue weighted by Gasteiger charge is 2.54. The molecular weight excluding hydrogens is 857 g/mol. The van der Waals surface area contributed by atoms with E-state index in [2.05, 4.69) is 47.7 Å². The molecule has 7 amide bonds. The first-order valence-electron chi connectivity index (χ1n) is 22.1. The van der Waals surface area contributed by atoms with E-state index in [1.165, 1.54) is 9.80 Å². The quantitative estimate of drug-likeness (QED) is 0.146. The third-order valence-corrected chi connectivity index (χ3v) is 12.9. The standard InChI is InChI=1S/C24H24N6O3.C14H17N3O2.C10H9N3O2/c1-2-17-12-25-22(26-13-17)29-15-19(16-29)20(31)28-10-8-24(9-11-28)21(32)30(23(33)27-24)14-18-6-4-3-5-7-18;18-12-14(6-8-15-9-7-14)16-13(19)17(12)10-11-4-2-1-3-5-11;1-2-7-3-11-10(12-4-7)13-5-8(6-13)9(14)15/h1,3-7,12-13,19H,8-11,14-16H2,(H,27,33);1-5,15H,6-10H2,(H,16,19);1,3-4,8H,5-6H2,(H,14,15). The van der Waals surface area contributed by atoms with E-state index < -0.39 is 17.0 Å². The number of nitrogens with zero attached hydrogens (tertiary/aromatic N) is 9. The molecule has 0 unspecified atom stereocenters. The number of carbonyl (C=O) groups is 6. The molecule has 2 aromatic heterocycles. The Balaban J connectivity index is 0.000000151. The van der Waals surface area contributed by atoms with Crippen molar-refractivity contribution in [3.63, 3.8) is 0 Å². The van der Waals surface area contributed by atoms with E-state index in [0.29, 0.717) is 94.5 Å². The van der Waals surface area contributed by atoms with Crippen molar-refractivity contribution in [2.24, 2.45) is 11.8 Å². The van der Waals surface area contributed by atoms with Gasteiger partial charge in [0.2, 0.25) is 17.8 Å². The van der Waals surface area contributed by atoms with Crippen LogP contribution in [0.3, 0.4) is 0 Å². The second-order valence-electron chi connectivity index (χ2n) is 17.2. The van der Waals surface area contributed by atoms with Gasteiger partial charge in [-0.3, -0.25) is 29.0 Å². The third kappa shape index (κ3) is 9.87. The van der Waals surface area contributed by atoms with E-state index in [4.69, 9.17) is 18.0 Å². The van der Waals surface area contributed by atoms with E-state index in [0.717, 1.165) is 24.2 Å². The molecule has 67 heavy (non-hydrogen) atoms. The fourth-order valence-corrected chi connectivity index (χ4v) is 8.78. The van der Waals surface area contributed by atoms with Crippen LogP contribution in [-0.4, -0.2) is 139 Å². The second-order valence-corrected chi connectivity index (χ2v) is 17.2. The largest absolute Gasteiger partial charge is 0.481 e. The zero-order chi connectivity index (χ0) is 47.1. The Morgan fingerprint density at radius 3 is 1.43 bits per heavy atom. The molecule has 6 aliphatic rings. The van der Waals surface area contributed by atoms with E-state index in [1.54, 1.807) is 34.6 Å². The Kier molecular flexibility index (Phi) is 13.4. The molecule has 6 fully saturated rings. The molecule has 2 aromatic carbocycles. The summed E-state index contributed by atoms with van der Waals surface area (Å²) >= 11 is 0. The normalized spacial score (nSPS) is 19.5. The molecule has 6 aliphatic heterocycles. The number of nitrogens with one attached hydrogen (secondary N) is 3. The summed E-state index contributed by atoms with van der Waals surface area (Å²) in [6.07, 6.45) is 19.0. The smallest absolute Gasteiger partial charge is 0.325 e. The van der Waals surface area contributed by atoms with Gasteiger partial charge in [-0.05, 0) is 49.9 Å². The molecule has 4 aromatic rings. The van der Waals surface area contributed by atoms with Crippen molar-refractivity contribution in [1.29, 1.82) is 0 Å². The van der Waals surface area contributed by atoms with Crippen LogP contribution >= 0.6 is 0 Å². The van der Waals surface area contributed by atoms with Crippen LogP contribution in [0.1, 0.15) is 47.9 Å². The number of piperidine rings is 2. The van der Waals surface area contributed by atoms with Gasteiger partial charge in [0.05, 0.1) is 36.1 Å². The van der Waals surface area contributed by atoms with E-state index in [-0.39, 0.29) is 48.2 Å². The summed E-state index contributed by atoms with van der Waals surface area (Å²) in [6.45, 7) is 5.04. The van der Waals surface area contributed by atoms with Crippen molar-refractivity contribution >= 4 is 47.6 Å². The first kappa shape index (κ1) is 45.7. The number of urea groups is 2. The zero-order valence-corrected chi connectivity index (χ0v) is 36.7. The lowest BCUT2D eigenvalue weighted by Gasteiger charge is -2.43. The molecule has 2 spiro atoms. The molecule has 19 heteroatoms. The van der Waals surface area contributed by atoms with Crippen molar-refractivity contribution in [2.45, 2.75) is 49.9 Å². The number of aliphatic carboxylic acids is 1. The number of carboxylic acid groups (broad SMARTS) is 1. The maximum absolute atomic E-state index is 13.1. The van der Waals surface area contributed by atoms with Gasteiger partial charge >= 0.3 is 18.0 Å². The van der Waals surface area contributed by atoms with Crippen molar-refractivity contribution in [1.82, 2.24) is 50.6 Å². The Hall–Kier alpha value is -7.90. The van der Waals surface area contributed by atoms with E-state index in [9.17, 15) is 28.8 Å². The Labute approximate surface area is 387 Å². The molecule has 0 aliphatic carbocycles. The highest BCUT2D eigenvalue weighted by molar-refractivity contribution is 6.08. The number of rotatable bonds is 8. The predicted molar refractivity (Wildman–Crippen MR) is 243 cm³/mol. The van der Waals surface area contributed by atoms with Gasteiger partial charge in [-0.2, -0.15) is 0 Å². The zero-order valence-electron chi connectivity index (χ0n) is 36.7. The molecule has 8 heterocycles. The summed E-state index contributed by atoms with van der Waals surface area (Å²) < 4.78 is 0. The average molecular weight is 907 g/mol. The number of anilines is 2. The number of terminal acetylenes is 2. The topological polar surface area (TPSA) is 226 Å². The minimum Gasteiger partial charge on any atom is -0.481 e. The van der Waals surface area contributed by atoms with Gasteiger partial charge < -0.3 is 35.8 Å². The number of hydrogen-bond donors (Lipinski definition) is 4. The maximum atomic E-state index is 13.1. The van der Waals surface area contributed by atoms with Gasteiger partial charge in [-0.25, -0.2) is 29.5 Å². The van der Waals surface area contributed by atoms with Crippen molar-refractivity contribution in [2.75, 3.05) is 62.2 Å². The lowest BCUT2D eigenvalue weighted by atomic mass is 9.86. The van der Waals surface area contributed by atoms with Crippen LogP contribution < -0.4 is 25.8 Å². The highest BCUT2D eigenvalue weighted by Crippen LogP contribution is 2.33.